The summed E-state index contributed by atoms with van der Waals surface area (Å²) in [5, 5.41) is 3.36. The molecule has 2 rings (SSSR count). The summed E-state index contributed by atoms with van der Waals surface area (Å²) in [5.74, 6) is 0.937. The first-order valence-electron chi connectivity index (χ1n) is 7.26. The summed E-state index contributed by atoms with van der Waals surface area (Å²) in [5.41, 5.74) is 3.86. The van der Waals surface area contributed by atoms with Crippen LogP contribution in [0.4, 0.5) is 0 Å². The van der Waals surface area contributed by atoms with Crippen LogP contribution in [0.5, 0.6) is 5.75 Å². The molecule has 0 fully saturated rings. The zero-order chi connectivity index (χ0) is 14.2. The number of aryl methyl sites for hydroxylation is 1. The lowest BCUT2D eigenvalue weighted by atomic mass is 10.1. The van der Waals surface area contributed by atoms with Crippen molar-refractivity contribution in [2.45, 2.75) is 26.9 Å². The first kappa shape index (κ1) is 14.6. The van der Waals surface area contributed by atoms with Gasteiger partial charge in [-0.2, -0.15) is 0 Å². The van der Waals surface area contributed by atoms with Gasteiger partial charge in [-0.25, -0.2) is 0 Å². The summed E-state index contributed by atoms with van der Waals surface area (Å²) < 4.78 is 5.90. The van der Waals surface area contributed by atoms with Crippen LogP contribution < -0.4 is 10.1 Å². The van der Waals surface area contributed by atoms with E-state index in [1.165, 1.54) is 16.7 Å². The Morgan fingerprint density at radius 3 is 2.55 bits per heavy atom. The molecule has 0 amide bonds. The fourth-order valence-corrected chi connectivity index (χ4v) is 2.21. The molecular formula is C18H23NO. The quantitative estimate of drug-likeness (QED) is 0.773. The Kier molecular flexibility index (Phi) is 5.63. The molecule has 2 aromatic rings. The molecule has 20 heavy (non-hydrogen) atoms. The van der Waals surface area contributed by atoms with E-state index >= 15 is 0 Å². The predicted molar refractivity (Wildman–Crippen MR) is 84.2 cm³/mol. The summed E-state index contributed by atoms with van der Waals surface area (Å²) in [6.07, 6.45) is 1.04. The molecule has 2 aromatic carbocycles. The van der Waals surface area contributed by atoms with Gasteiger partial charge in [-0.1, -0.05) is 43.3 Å². The lowest BCUT2D eigenvalue weighted by Gasteiger charge is -2.11. The third-order valence-electron chi connectivity index (χ3n) is 3.32. The highest BCUT2D eigenvalue weighted by Gasteiger charge is 2.03. The fraction of sp³-hybridized carbons (Fsp3) is 0.333. The highest BCUT2D eigenvalue weighted by molar-refractivity contribution is 5.30. The minimum absolute atomic E-state index is 0.631. The van der Waals surface area contributed by atoms with Crippen molar-refractivity contribution in [2.75, 3.05) is 13.1 Å². The van der Waals surface area contributed by atoms with Crippen molar-refractivity contribution in [3.63, 3.8) is 0 Å². The van der Waals surface area contributed by atoms with Crippen LogP contribution in [0.15, 0.2) is 48.5 Å². The number of ether oxygens (including phenoxy) is 1. The van der Waals surface area contributed by atoms with E-state index in [-0.39, 0.29) is 0 Å². The van der Waals surface area contributed by atoms with Crippen LogP contribution in [0, 0.1) is 6.92 Å². The monoisotopic (exact) mass is 269 g/mol. The lowest BCUT2D eigenvalue weighted by Crippen LogP contribution is -2.17. The minimum atomic E-state index is 0.631. The van der Waals surface area contributed by atoms with E-state index in [4.69, 9.17) is 4.74 Å². The fourth-order valence-electron chi connectivity index (χ4n) is 2.21. The van der Waals surface area contributed by atoms with Crippen molar-refractivity contribution in [2.24, 2.45) is 0 Å². The van der Waals surface area contributed by atoms with Gasteiger partial charge in [0.2, 0.25) is 0 Å². The standard InChI is InChI=1S/C18H23NO/c1-3-19-12-11-16-8-4-5-9-17(16)14-20-18-10-6-7-15(2)13-18/h4-10,13,19H,3,11-12,14H2,1-2H3. The number of nitrogens with one attached hydrogen (secondary N) is 1. The molecular weight excluding hydrogens is 246 g/mol. The third-order valence-corrected chi connectivity index (χ3v) is 3.32. The van der Waals surface area contributed by atoms with Crippen LogP contribution in [0.2, 0.25) is 0 Å². The molecule has 0 atom stereocenters. The van der Waals surface area contributed by atoms with Gasteiger partial charge in [0.1, 0.15) is 12.4 Å². The second-order valence-corrected chi connectivity index (χ2v) is 4.98. The minimum Gasteiger partial charge on any atom is -0.489 e. The second kappa shape index (κ2) is 7.71. The van der Waals surface area contributed by atoms with Gasteiger partial charge in [-0.3, -0.25) is 0 Å². The average Bonchev–Trinajstić information content (AvgIpc) is 2.47. The Bertz CT molecular complexity index is 536. The summed E-state index contributed by atoms with van der Waals surface area (Å²) in [6, 6.07) is 16.7. The number of benzene rings is 2. The normalized spacial score (nSPS) is 10.5. The summed E-state index contributed by atoms with van der Waals surface area (Å²) in [7, 11) is 0. The van der Waals surface area contributed by atoms with Gasteiger partial charge in [0.05, 0.1) is 0 Å². The molecule has 0 radical (unpaired) electrons. The number of likely N-dealkylation sites (N-methyl/N-ethyl adjacent to an activating group) is 1. The maximum atomic E-state index is 5.90. The zero-order valence-electron chi connectivity index (χ0n) is 12.4. The van der Waals surface area contributed by atoms with Crippen molar-refractivity contribution in [1.29, 1.82) is 0 Å². The Labute approximate surface area is 121 Å². The van der Waals surface area contributed by atoms with Gasteiger partial charge >= 0.3 is 0 Å². The molecule has 0 aliphatic carbocycles. The molecule has 0 saturated heterocycles. The van der Waals surface area contributed by atoms with E-state index in [0.29, 0.717) is 6.61 Å². The Morgan fingerprint density at radius 2 is 1.80 bits per heavy atom. The maximum Gasteiger partial charge on any atom is 0.120 e. The maximum absolute atomic E-state index is 5.90. The van der Waals surface area contributed by atoms with Crippen molar-refractivity contribution in [1.82, 2.24) is 5.32 Å². The van der Waals surface area contributed by atoms with Crippen molar-refractivity contribution < 1.29 is 4.74 Å². The molecule has 0 unspecified atom stereocenters. The molecule has 0 aliphatic rings. The lowest BCUT2D eigenvalue weighted by molar-refractivity contribution is 0.304. The van der Waals surface area contributed by atoms with E-state index in [9.17, 15) is 0 Å². The first-order valence-corrected chi connectivity index (χ1v) is 7.26. The van der Waals surface area contributed by atoms with E-state index < -0.39 is 0 Å². The van der Waals surface area contributed by atoms with Gasteiger partial charge < -0.3 is 10.1 Å². The van der Waals surface area contributed by atoms with E-state index in [1.807, 2.05) is 12.1 Å². The third kappa shape index (κ3) is 4.39. The van der Waals surface area contributed by atoms with Gasteiger partial charge in [0, 0.05) is 0 Å². The van der Waals surface area contributed by atoms with Gasteiger partial charge in [0.25, 0.3) is 0 Å². The molecule has 0 bridgehead atoms. The van der Waals surface area contributed by atoms with Crippen molar-refractivity contribution in [3.8, 4) is 5.75 Å². The molecule has 0 saturated carbocycles. The number of hydrogen-bond acceptors (Lipinski definition) is 2. The van der Waals surface area contributed by atoms with E-state index in [2.05, 4.69) is 55.6 Å². The Hall–Kier alpha value is -1.80. The van der Waals surface area contributed by atoms with E-state index in [1.54, 1.807) is 0 Å². The molecule has 2 heteroatoms. The van der Waals surface area contributed by atoms with Crippen LogP contribution >= 0.6 is 0 Å². The molecule has 0 aliphatic heterocycles. The summed E-state index contributed by atoms with van der Waals surface area (Å²) in [4.78, 5) is 0. The zero-order valence-corrected chi connectivity index (χ0v) is 12.4. The summed E-state index contributed by atoms with van der Waals surface area (Å²) >= 11 is 0. The molecule has 106 valence electrons. The molecule has 0 aromatic heterocycles. The van der Waals surface area contributed by atoms with Gasteiger partial charge in [-0.15, -0.1) is 0 Å². The molecule has 1 N–H and O–H groups in total. The van der Waals surface area contributed by atoms with Crippen molar-refractivity contribution in [3.05, 3.63) is 65.2 Å². The van der Waals surface area contributed by atoms with Crippen LogP contribution in [0.3, 0.4) is 0 Å². The van der Waals surface area contributed by atoms with Crippen LogP contribution in [-0.4, -0.2) is 13.1 Å². The molecule has 2 nitrogen and oxygen atoms in total. The van der Waals surface area contributed by atoms with Crippen LogP contribution in [0.1, 0.15) is 23.6 Å². The highest BCUT2D eigenvalue weighted by atomic mass is 16.5. The van der Waals surface area contributed by atoms with E-state index in [0.717, 1.165) is 25.3 Å². The largest absolute Gasteiger partial charge is 0.489 e. The molecule has 0 heterocycles. The van der Waals surface area contributed by atoms with Crippen LogP contribution in [-0.2, 0) is 13.0 Å². The molecule has 0 spiro atoms. The van der Waals surface area contributed by atoms with Crippen LogP contribution in [0.25, 0.3) is 0 Å². The van der Waals surface area contributed by atoms with Gasteiger partial charge in [0.15, 0.2) is 0 Å². The van der Waals surface area contributed by atoms with Crippen molar-refractivity contribution >= 4 is 0 Å². The highest BCUT2D eigenvalue weighted by Crippen LogP contribution is 2.16. The first-order chi connectivity index (χ1) is 9.79. The SMILES string of the molecule is CCNCCc1ccccc1COc1cccc(C)c1. The number of hydrogen-bond donors (Lipinski definition) is 1. The number of rotatable bonds is 7. The summed E-state index contributed by atoms with van der Waals surface area (Å²) in [6.45, 7) is 6.87. The second-order valence-electron chi connectivity index (χ2n) is 4.98. The topological polar surface area (TPSA) is 21.3 Å². The predicted octanol–water partition coefficient (Wildman–Crippen LogP) is 3.73. The smallest absolute Gasteiger partial charge is 0.120 e. The van der Waals surface area contributed by atoms with Gasteiger partial charge in [-0.05, 0) is 55.3 Å². The Morgan fingerprint density at radius 1 is 1.00 bits per heavy atom. The average molecular weight is 269 g/mol. The Balaban J connectivity index is 1.98.